The van der Waals surface area contributed by atoms with Gasteiger partial charge in [0.05, 0.1) is 10.6 Å². The number of hydrogen-bond acceptors (Lipinski definition) is 4. The summed E-state index contributed by atoms with van der Waals surface area (Å²) in [5, 5.41) is 8.50. The summed E-state index contributed by atoms with van der Waals surface area (Å²) in [6, 6.07) is 21.9. The number of aryl methyl sites for hydroxylation is 1. The van der Waals surface area contributed by atoms with Crippen LogP contribution in [0.4, 0.5) is 5.69 Å². The van der Waals surface area contributed by atoms with Crippen molar-refractivity contribution in [2.75, 3.05) is 5.32 Å². The lowest BCUT2D eigenvalue weighted by atomic mass is 10.0. The number of aromatic nitrogens is 1. The molecular weight excluding hydrogens is 489 g/mol. The average molecular weight is 506 g/mol. The number of oxazole rings is 1. The summed E-state index contributed by atoms with van der Waals surface area (Å²) >= 11 is 18.1. The predicted molar refractivity (Wildman–Crippen MR) is 142 cm³/mol. The Hall–Kier alpha value is -3.45. The summed E-state index contributed by atoms with van der Waals surface area (Å²) in [6.45, 7) is 1.99. The molecule has 5 rings (SSSR count). The third-order valence-electron chi connectivity index (χ3n) is 5.34. The molecule has 0 aliphatic rings. The summed E-state index contributed by atoms with van der Waals surface area (Å²) in [5.41, 5.74) is 4.21. The van der Waals surface area contributed by atoms with Crippen LogP contribution >= 0.6 is 35.4 Å². The Morgan fingerprint density at radius 1 is 0.941 bits per heavy atom. The van der Waals surface area contributed by atoms with Gasteiger partial charge < -0.3 is 9.73 Å². The highest BCUT2D eigenvalue weighted by Crippen LogP contribution is 2.32. The maximum atomic E-state index is 12.9. The van der Waals surface area contributed by atoms with Gasteiger partial charge in [-0.05, 0) is 72.6 Å². The molecule has 5 nitrogen and oxygen atoms in total. The van der Waals surface area contributed by atoms with Crippen molar-refractivity contribution in [3.8, 4) is 11.5 Å². The summed E-state index contributed by atoms with van der Waals surface area (Å²) in [4.78, 5) is 17.4. The van der Waals surface area contributed by atoms with Crippen LogP contribution < -0.4 is 10.6 Å². The average Bonchev–Trinajstić information content (AvgIpc) is 3.23. The van der Waals surface area contributed by atoms with Crippen molar-refractivity contribution in [3.63, 3.8) is 0 Å². The molecule has 0 aliphatic carbocycles. The van der Waals surface area contributed by atoms with Gasteiger partial charge in [0.15, 0.2) is 10.7 Å². The number of nitrogens with zero attached hydrogens (tertiary/aromatic N) is 1. The van der Waals surface area contributed by atoms with Gasteiger partial charge in [0.1, 0.15) is 5.52 Å². The molecule has 1 amide bonds. The first-order valence-electron chi connectivity index (χ1n) is 10.4. The lowest BCUT2D eigenvalue weighted by Gasteiger charge is -2.12. The van der Waals surface area contributed by atoms with Crippen molar-refractivity contribution in [1.29, 1.82) is 0 Å². The van der Waals surface area contributed by atoms with Gasteiger partial charge in [0.25, 0.3) is 5.91 Å². The van der Waals surface area contributed by atoms with E-state index in [1.54, 1.807) is 42.5 Å². The smallest absolute Gasteiger partial charge is 0.258 e. The fourth-order valence-electron chi connectivity index (χ4n) is 3.72. The molecule has 0 aliphatic heterocycles. The van der Waals surface area contributed by atoms with Gasteiger partial charge in [-0.15, -0.1) is 0 Å². The van der Waals surface area contributed by atoms with Crippen molar-refractivity contribution in [3.05, 3.63) is 94.0 Å². The number of thiocarbonyl (C=S) groups is 1. The molecule has 0 atom stereocenters. The highest BCUT2D eigenvalue weighted by Gasteiger charge is 2.15. The van der Waals surface area contributed by atoms with E-state index in [9.17, 15) is 4.79 Å². The molecule has 0 saturated carbocycles. The van der Waals surface area contributed by atoms with Crippen LogP contribution in [0.15, 0.2) is 77.2 Å². The van der Waals surface area contributed by atoms with Crippen molar-refractivity contribution in [2.24, 2.45) is 0 Å². The van der Waals surface area contributed by atoms with Crippen LogP contribution in [0.5, 0.6) is 0 Å². The van der Waals surface area contributed by atoms with Crippen LogP contribution in [-0.4, -0.2) is 16.0 Å². The molecule has 4 aromatic carbocycles. The Balaban J connectivity index is 1.37. The zero-order valence-corrected chi connectivity index (χ0v) is 20.2. The molecule has 8 heteroatoms. The first kappa shape index (κ1) is 22.3. The third kappa shape index (κ3) is 4.35. The van der Waals surface area contributed by atoms with Crippen LogP contribution in [0.1, 0.15) is 15.9 Å². The fraction of sp³-hybridized carbons (Fsp3) is 0.0385. The molecule has 0 bridgehead atoms. The van der Waals surface area contributed by atoms with Crippen molar-refractivity contribution < 1.29 is 9.21 Å². The van der Waals surface area contributed by atoms with E-state index in [4.69, 9.17) is 39.8 Å². The zero-order valence-electron chi connectivity index (χ0n) is 17.9. The van der Waals surface area contributed by atoms with Crippen LogP contribution in [0.2, 0.25) is 10.0 Å². The molecule has 5 aromatic rings. The van der Waals surface area contributed by atoms with E-state index < -0.39 is 0 Å². The quantitative estimate of drug-likeness (QED) is 0.250. The number of rotatable bonds is 3. The molecule has 2 N–H and O–H groups in total. The molecule has 0 fully saturated rings. The van der Waals surface area contributed by atoms with Gasteiger partial charge in [-0.1, -0.05) is 53.5 Å². The number of hydrogen-bond donors (Lipinski definition) is 2. The second kappa shape index (κ2) is 9.06. The number of halogens is 2. The molecule has 0 unspecified atom stereocenters. The number of benzene rings is 4. The van der Waals surface area contributed by atoms with Crippen molar-refractivity contribution in [2.45, 2.75) is 6.92 Å². The summed E-state index contributed by atoms with van der Waals surface area (Å²) in [6.07, 6.45) is 0. The second-order valence-electron chi connectivity index (χ2n) is 7.73. The number of fused-ring (bicyclic) bond motifs is 2. The number of anilines is 1. The van der Waals surface area contributed by atoms with Crippen LogP contribution in [0, 0.1) is 6.92 Å². The van der Waals surface area contributed by atoms with Crippen LogP contribution in [0.25, 0.3) is 33.3 Å². The molecule has 0 saturated heterocycles. The van der Waals surface area contributed by atoms with Gasteiger partial charge >= 0.3 is 0 Å². The van der Waals surface area contributed by atoms with E-state index in [1.165, 1.54) is 0 Å². The highest BCUT2D eigenvalue weighted by molar-refractivity contribution is 7.80. The molecule has 1 heterocycles. The van der Waals surface area contributed by atoms with Crippen molar-refractivity contribution >= 4 is 74.0 Å². The van der Waals surface area contributed by atoms with Gasteiger partial charge in [0.2, 0.25) is 5.89 Å². The molecule has 0 radical (unpaired) electrons. The first-order chi connectivity index (χ1) is 16.4. The summed E-state index contributed by atoms with van der Waals surface area (Å²) < 4.78 is 5.91. The maximum absolute atomic E-state index is 12.9. The minimum Gasteiger partial charge on any atom is -0.436 e. The van der Waals surface area contributed by atoms with Gasteiger partial charge in [-0.3, -0.25) is 10.1 Å². The van der Waals surface area contributed by atoms with Gasteiger partial charge in [-0.2, -0.15) is 0 Å². The minimum absolute atomic E-state index is 0.144. The summed E-state index contributed by atoms with van der Waals surface area (Å²) in [5.74, 6) is 0.0608. The highest BCUT2D eigenvalue weighted by atomic mass is 35.5. The molecular formula is C26H17Cl2N3O2S. The Morgan fingerprint density at radius 2 is 1.74 bits per heavy atom. The third-order valence-corrected chi connectivity index (χ3v) is 6.20. The lowest BCUT2D eigenvalue weighted by Crippen LogP contribution is -2.34. The number of amides is 1. The van der Waals surface area contributed by atoms with E-state index in [2.05, 4.69) is 15.6 Å². The fourth-order valence-corrected chi connectivity index (χ4v) is 4.36. The topological polar surface area (TPSA) is 67.2 Å². The monoisotopic (exact) mass is 505 g/mol. The maximum Gasteiger partial charge on any atom is 0.258 e. The summed E-state index contributed by atoms with van der Waals surface area (Å²) in [7, 11) is 0. The van der Waals surface area contributed by atoms with E-state index in [0.717, 1.165) is 21.9 Å². The Bertz CT molecular complexity index is 1600. The van der Waals surface area contributed by atoms with Crippen molar-refractivity contribution in [1.82, 2.24) is 10.3 Å². The molecule has 168 valence electrons. The molecule has 34 heavy (non-hydrogen) atoms. The van der Waals surface area contributed by atoms with E-state index >= 15 is 0 Å². The second-order valence-corrected chi connectivity index (χ2v) is 8.96. The number of carbonyl (C=O) groups is 1. The number of carbonyl (C=O) groups excluding carboxylic acids is 1. The standard InChI is InChI=1S/C26H17Cl2N3O2S/c1-14-8-11-22-23(12-14)33-25(30-22)19-13-15(9-10-21(19)28)29-26(34)31-24(32)18-6-2-5-17-16(18)4-3-7-20(17)27/h2-13H,1H3,(H2,29,31,32,34). The van der Waals surface area contributed by atoms with Gasteiger partial charge in [-0.25, -0.2) is 4.98 Å². The normalized spacial score (nSPS) is 11.0. The number of nitrogens with one attached hydrogen (secondary N) is 2. The minimum atomic E-state index is -0.339. The largest absolute Gasteiger partial charge is 0.436 e. The molecule has 0 spiro atoms. The SMILES string of the molecule is Cc1ccc2nc(-c3cc(NC(=S)NC(=O)c4cccc5c(Cl)cccc45)ccc3Cl)oc2c1. The predicted octanol–water partition coefficient (Wildman–Crippen LogP) is 7.39. The van der Waals surface area contributed by atoms with E-state index in [1.807, 2.05) is 37.3 Å². The first-order valence-corrected chi connectivity index (χ1v) is 11.5. The zero-order chi connectivity index (χ0) is 23.8. The van der Waals surface area contributed by atoms with E-state index in [-0.39, 0.29) is 11.0 Å². The Kier molecular flexibility index (Phi) is 5.96. The molecule has 1 aromatic heterocycles. The van der Waals surface area contributed by atoms with Gasteiger partial charge in [0, 0.05) is 21.7 Å². The Morgan fingerprint density at radius 3 is 2.59 bits per heavy atom. The van der Waals surface area contributed by atoms with E-state index in [0.29, 0.717) is 38.3 Å². The Labute approximate surface area is 210 Å². The van der Waals surface area contributed by atoms with Crippen LogP contribution in [0.3, 0.4) is 0 Å². The van der Waals surface area contributed by atoms with Crippen LogP contribution in [-0.2, 0) is 0 Å². The lowest BCUT2D eigenvalue weighted by molar-refractivity contribution is 0.0979.